The third-order valence-corrected chi connectivity index (χ3v) is 4.99. The first-order valence-electron chi connectivity index (χ1n) is 8.04. The van der Waals surface area contributed by atoms with Crippen molar-refractivity contribution < 1.29 is 0 Å². The van der Waals surface area contributed by atoms with E-state index in [2.05, 4.69) is 52.0 Å². The number of piperidine rings is 1. The van der Waals surface area contributed by atoms with Gasteiger partial charge in [0.15, 0.2) is 5.16 Å². The van der Waals surface area contributed by atoms with Crippen molar-refractivity contribution in [2.24, 2.45) is 13.0 Å². The van der Waals surface area contributed by atoms with E-state index in [0.29, 0.717) is 0 Å². The van der Waals surface area contributed by atoms with Crippen LogP contribution in [0.5, 0.6) is 0 Å². The predicted octanol–water partition coefficient (Wildman–Crippen LogP) is 3.15. The highest BCUT2D eigenvalue weighted by molar-refractivity contribution is 7.98. The Kier molecular flexibility index (Phi) is 6.77. The van der Waals surface area contributed by atoms with E-state index >= 15 is 0 Å². The molecule has 118 valence electrons. The molecule has 1 fully saturated rings. The Hall–Kier alpha value is -0.810. The third kappa shape index (κ3) is 4.85. The van der Waals surface area contributed by atoms with E-state index in [1.54, 1.807) is 11.8 Å². The van der Waals surface area contributed by atoms with E-state index in [0.717, 1.165) is 29.9 Å². The van der Waals surface area contributed by atoms with Gasteiger partial charge < -0.3 is 4.57 Å². The molecule has 0 unspecified atom stereocenters. The smallest absolute Gasteiger partial charge is 0.190 e. The first-order chi connectivity index (χ1) is 10.2. The molecular weight excluding hydrogens is 280 g/mol. The van der Waals surface area contributed by atoms with Crippen molar-refractivity contribution in [3.05, 3.63) is 18.0 Å². The lowest BCUT2D eigenvalue weighted by molar-refractivity contribution is 0.198. The fourth-order valence-electron chi connectivity index (χ4n) is 2.84. The van der Waals surface area contributed by atoms with Crippen molar-refractivity contribution >= 4 is 11.8 Å². The highest BCUT2D eigenvalue weighted by Gasteiger charge is 2.21. The van der Waals surface area contributed by atoms with Gasteiger partial charge in [0.1, 0.15) is 5.82 Å². The van der Waals surface area contributed by atoms with Crippen molar-refractivity contribution in [1.29, 1.82) is 0 Å². The molecule has 0 saturated carbocycles. The van der Waals surface area contributed by atoms with Crippen LogP contribution in [-0.4, -0.2) is 45.6 Å². The van der Waals surface area contributed by atoms with Crippen molar-refractivity contribution in [3.63, 3.8) is 0 Å². The van der Waals surface area contributed by atoms with Crippen LogP contribution in [0.2, 0.25) is 0 Å². The minimum Gasteiger partial charge on any atom is -0.309 e. The highest BCUT2D eigenvalue weighted by Crippen LogP contribution is 2.22. The van der Waals surface area contributed by atoms with Crippen LogP contribution < -0.4 is 0 Å². The number of thioether (sulfide) groups is 1. The van der Waals surface area contributed by atoms with E-state index in [9.17, 15) is 0 Å². The fraction of sp³-hybridized carbons (Fsp3) is 0.750. The van der Waals surface area contributed by atoms with Gasteiger partial charge in [-0.1, -0.05) is 37.3 Å². The minimum absolute atomic E-state index is 0.762. The van der Waals surface area contributed by atoms with Crippen molar-refractivity contribution in [2.45, 2.75) is 44.2 Å². The predicted molar refractivity (Wildman–Crippen MR) is 89.7 cm³/mol. The van der Waals surface area contributed by atoms with Crippen molar-refractivity contribution in [1.82, 2.24) is 19.7 Å². The maximum absolute atomic E-state index is 4.34. The summed E-state index contributed by atoms with van der Waals surface area (Å²) in [5.41, 5.74) is 0. The molecule has 5 heteroatoms. The monoisotopic (exact) mass is 308 g/mol. The Morgan fingerprint density at radius 2 is 2.00 bits per heavy atom. The molecule has 4 nitrogen and oxygen atoms in total. The van der Waals surface area contributed by atoms with Crippen LogP contribution in [0, 0.1) is 5.92 Å². The van der Waals surface area contributed by atoms with Crippen molar-refractivity contribution in [3.8, 4) is 0 Å². The van der Waals surface area contributed by atoms with E-state index < -0.39 is 0 Å². The highest BCUT2D eigenvalue weighted by atomic mass is 32.2. The van der Waals surface area contributed by atoms with Gasteiger partial charge in [0.25, 0.3) is 0 Å². The molecule has 1 aromatic rings. The molecule has 21 heavy (non-hydrogen) atoms. The normalized spacial score (nSPS) is 17.9. The van der Waals surface area contributed by atoms with Gasteiger partial charge in [0, 0.05) is 20.0 Å². The van der Waals surface area contributed by atoms with Crippen LogP contribution in [0.3, 0.4) is 0 Å². The number of rotatable bonds is 7. The first kappa shape index (κ1) is 16.6. The molecular formula is C16H28N4S. The van der Waals surface area contributed by atoms with E-state index in [4.69, 9.17) is 0 Å². The molecule has 1 aromatic heterocycles. The van der Waals surface area contributed by atoms with Gasteiger partial charge in [-0.05, 0) is 44.5 Å². The molecule has 0 bridgehead atoms. The maximum atomic E-state index is 4.34. The second-order valence-corrected chi connectivity index (χ2v) is 6.64. The van der Waals surface area contributed by atoms with Crippen LogP contribution in [0.4, 0.5) is 0 Å². The number of hydrogen-bond donors (Lipinski definition) is 0. The quantitative estimate of drug-likeness (QED) is 0.572. The fourth-order valence-corrected chi connectivity index (χ4v) is 3.34. The lowest BCUT2D eigenvalue weighted by Gasteiger charge is -2.30. The van der Waals surface area contributed by atoms with Gasteiger partial charge in [-0.2, -0.15) is 0 Å². The average Bonchev–Trinajstić information content (AvgIpc) is 2.86. The zero-order valence-corrected chi connectivity index (χ0v) is 14.4. The summed E-state index contributed by atoms with van der Waals surface area (Å²) >= 11 is 1.67. The maximum Gasteiger partial charge on any atom is 0.190 e. The Bertz CT molecular complexity index is 447. The summed E-state index contributed by atoms with van der Waals surface area (Å²) in [6.45, 7) is 5.78. The second kappa shape index (κ2) is 8.59. The van der Waals surface area contributed by atoms with Crippen LogP contribution in [0.25, 0.3) is 0 Å². The number of allylic oxidation sites excluding steroid dienone is 1. The third-order valence-electron chi connectivity index (χ3n) is 4.27. The van der Waals surface area contributed by atoms with E-state index in [-0.39, 0.29) is 0 Å². The number of unbranched alkanes of at least 4 members (excludes halogenated alkanes) is 1. The van der Waals surface area contributed by atoms with Crippen molar-refractivity contribution in [2.75, 3.05) is 25.9 Å². The Labute approximate surface area is 133 Å². The molecule has 0 aliphatic carbocycles. The van der Waals surface area contributed by atoms with Crippen LogP contribution in [0.15, 0.2) is 17.3 Å². The molecule has 2 rings (SSSR count). The Morgan fingerprint density at radius 1 is 1.24 bits per heavy atom. The standard InChI is InChI=1S/C16H28N4S/c1-4-5-6-7-10-20-11-8-14(9-12-20)13-15-17-18-16(21-3)19(15)2/h6-7,14H,4-5,8-13H2,1-3H3/b7-6+. The molecule has 1 saturated heterocycles. The summed E-state index contributed by atoms with van der Waals surface area (Å²) < 4.78 is 2.14. The summed E-state index contributed by atoms with van der Waals surface area (Å²) in [7, 11) is 2.08. The minimum atomic E-state index is 0.762. The average molecular weight is 308 g/mol. The first-order valence-corrected chi connectivity index (χ1v) is 9.26. The van der Waals surface area contributed by atoms with Gasteiger partial charge in [-0.15, -0.1) is 10.2 Å². The van der Waals surface area contributed by atoms with Gasteiger partial charge in [-0.25, -0.2) is 0 Å². The molecule has 1 aliphatic rings. The molecule has 0 atom stereocenters. The molecule has 0 aromatic carbocycles. The van der Waals surface area contributed by atoms with Gasteiger partial charge in [0.2, 0.25) is 0 Å². The number of likely N-dealkylation sites (tertiary alicyclic amines) is 1. The number of nitrogens with zero attached hydrogens (tertiary/aromatic N) is 4. The summed E-state index contributed by atoms with van der Waals surface area (Å²) in [5.74, 6) is 1.90. The van der Waals surface area contributed by atoms with Gasteiger partial charge in [0.05, 0.1) is 0 Å². The molecule has 0 radical (unpaired) electrons. The number of hydrogen-bond acceptors (Lipinski definition) is 4. The lowest BCUT2D eigenvalue weighted by atomic mass is 9.93. The Balaban J connectivity index is 1.75. The zero-order chi connectivity index (χ0) is 15.1. The van der Waals surface area contributed by atoms with Crippen LogP contribution in [-0.2, 0) is 13.5 Å². The lowest BCUT2D eigenvalue weighted by Crippen LogP contribution is -2.34. The second-order valence-electron chi connectivity index (χ2n) is 5.87. The molecule has 0 N–H and O–H groups in total. The van der Waals surface area contributed by atoms with Gasteiger partial charge >= 0.3 is 0 Å². The van der Waals surface area contributed by atoms with E-state index in [1.165, 1.54) is 38.8 Å². The number of aromatic nitrogens is 3. The largest absolute Gasteiger partial charge is 0.309 e. The van der Waals surface area contributed by atoms with Crippen LogP contribution in [0.1, 0.15) is 38.4 Å². The van der Waals surface area contributed by atoms with Gasteiger partial charge in [-0.3, -0.25) is 4.90 Å². The Morgan fingerprint density at radius 3 is 2.62 bits per heavy atom. The molecule has 0 amide bonds. The van der Waals surface area contributed by atoms with E-state index in [1.807, 2.05) is 0 Å². The molecule has 2 heterocycles. The summed E-state index contributed by atoms with van der Waals surface area (Å²) in [6.07, 6.45) is 12.8. The summed E-state index contributed by atoms with van der Waals surface area (Å²) in [6, 6.07) is 0. The topological polar surface area (TPSA) is 34.0 Å². The zero-order valence-electron chi connectivity index (χ0n) is 13.6. The molecule has 1 aliphatic heterocycles. The summed E-state index contributed by atoms with van der Waals surface area (Å²) in [5, 5.41) is 9.58. The summed E-state index contributed by atoms with van der Waals surface area (Å²) in [4.78, 5) is 2.56. The SMILES string of the molecule is CCC/C=C/CN1CCC(Cc2nnc(SC)n2C)CC1. The molecule has 0 spiro atoms. The van der Waals surface area contributed by atoms with Crippen LogP contribution >= 0.6 is 11.8 Å².